The van der Waals surface area contributed by atoms with Gasteiger partial charge in [-0.3, -0.25) is 19.3 Å². The number of amides is 3. The van der Waals surface area contributed by atoms with Gasteiger partial charge < -0.3 is 25.3 Å². The molecule has 6 aliphatic rings. The highest BCUT2D eigenvalue weighted by Gasteiger charge is 2.61. The molecular weight excluding hydrogens is 677 g/mol. The molecule has 2 saturated heterocycles. The first-order chi connectivity index (χ1) is 26.0. The van der Waals surface area contributed by atoms with Gasteiger partial charge in [0.25, 0.3) is 0 Å². The molecule has 0 spiro atoms. The lowest BCUT2D eigenvalue weighted by Gasteiger charge is -2.62. The second-order valence-corrected chi connectivity index (χ2v) is 18.4. The summed E-state index contributed by atoms with van der Waals surface area (Å²) in [6.07, 6.45) is 10.1. The summed E-state index contributed by atoms with van der Waals surface area (Å²) in [7, 11) is 0. The average Bonchev–Trinajstić information content (AvgIpc) is 3.80. The monoisotopic (exact) mass is 738 g/mol. The van der Waals surface area contributed by atoms with E-state index >= 15 is 0 Å². The minimum absolute atomic E-state index is 0.0611. The van der Waals surface area contributed by atoms with Crippen LogP contribution in [0.3, 0.4) is 0 Å². The highest BCUT2D eigenvalue weighted by molar-refractivity contribution is 5.93. The van der Waals surface area contributed by atoms with Crippen molar-refractivity contribution in [2.24, 2.45) is 34.5 Å². The Kier molecular flexibility index (Phi) is 10.7. The number of hydrogen-bond acceptors (Lipinski definition) is 6. The van der Waals surface area contributed by atoms with Gasteiger partial charge in [-0.25, -0.2) is 0 Å². The molecule has 3 amide bonds. The van der Waals surface area contributed by atoms with Crippen molar-refractivity contribution in [3.05, 3.63) is 71.8 Å². The Bertz CT molecular complexity index is 1650. The van der Waals surface area contributed by atoms with Crippen LogP contribution in [-0.4, -0.2) is 106 Å². The molecule has 9 nitrogen and oxygen atoms in total. The summed E-state index contributed by atoms with van der Waals surface area (Å²) in [6.45, 7) is 7.93. The number of likely N-dealkylation sites (tertiary alicyclic amines) is 1. The molecule has 0 unspecified atom stereocenters. The van der Waals surface area contributed by atoms with Crippen molar-refractivity contribution in [2.75, 3.05) is 32.7 Å². The fourth-order valence-corrected chi connectivity index (χ4v) is 12.6. The van der Waals surface area contributed by atoms with Gasteiger partial charge in [0.2, 0.25) is 17.7 Å². The Morgan fingerprint density at radius 2 is 1.48 bits per heavy atom. The van der Waals surface area contributed by atoms with Gasteiger partial charge in [-0.15, -0.1) is 0 Å². The zero-order valence-electron chi connectivity index (χ0n) is 32.5. The quantitative estimate of drug-likeness (QED) is 0.358. The summed E-state index contributed by atoms with van der Waals surface area (Å²) >= 11 is 0. The normalized spacial score (nSPS) is 37.2. The predicted molar refractivity (Wildman–Crippen MR) is 208 cm³/mol. The van der Waals surface area contributed by atoms with Crippen molar-refractivity contribution in [2.45, 2.75) is 121 Å². The Morgan fingerprint density at radius 1 is 0.796 bits per heavy atom. The molecule has 2 heterocycles. The van der Waals surface area contributed by atoms with Crippen LogP contribution in [0.4, 0.5) is 0 Å². The van der Waals surface area contributed by atoms with E-state index in [9.17, 15) is 24.6 Å². The van der Waals surface area contributed by atoms with Gasteiger partial charge in [-0.2, -0.15) is 0 Å². The maximum Gasteiger partial charge on any atom is 0.245 e. The minimum Gasteiger partial charge on any atom is -0.393 e. The van der Waals surface area contributed by atoms with E-state index in [1.807, 2.05) is 65.6 Å². The van der Waals surface area contributed by atoms with Crippen LogP contribution < -0.4 is 5.32 Å². The van der Waals surface area contributed by atoms with Gasteiger partial charge in [0, 0.05) is 45.2 Å². The van der Waals surface area contributed by atoms with Gasteiger partial charge in [0.05, 0.1) is 18.6 Å². The lowest BCUT2D eigenvalue weighted by molar-refractivity contribution is -0.157. The van der Waals surface area contributed by atoms with Gasteiger partial charge in [-0.1, -0.05) is 74.5 Å². The molecule has 4 saturated carbocycles. The first-order valence-corrected chi connectivity index (χ1v) is 21.1. The van der Waals surface area contributed by atoms with Crippen LogP contribution in [0, 0.1) is 34.5 Å². The van der Waals surface area contributed by atoms with Gasteiger partial charge in [0.15, 0.2) is 0 Å². The highest BCUT2D eigenvalue weighted by Crippen LogP contribution is 2.66. The third-order valence-electron chi connectivity index (χ3n) is 15.7. The van der Waals surface area contributed by atoms with Crippen LogP contribution in [0.15, 0.2) is 60.7 Å². The predicted octanol–water partition coefficient (Wildman–Crippen LogP) is 4.83. The molecule has 8 rings (SSSR count). The first kappa shape index (κ1) is 37.6. The van der Waals surface area contributed by atoms with E-state index in [4.69, 9.17) is 0 Å². The summed E-state index contributed by atoms with van der Waals surface area (Å²) in [4.78, 5) is 47.6. The number of fused-ring (bicyclic) bond motifs is 5. The second-order valence-electron chi connectivity index (χ2n) is 18.4. The fourth-order valence-electron chi connectivity index (χ4n) is 12.6. The summed E-state index contributed by atoms with van der Waals surface area (Å²) in [6, 6.07) is 18.2. The number of benzene rings is 2. The summed E-state index contributed by atoms with van der Waals surface area (Å²) in [5.74, 6) is 2.06. The minimum atomic E-state index is -0.733. The van der Waals surface area contributed by atoms with Crippen molar-refractivity contribution in [1.82, 2.24) is 20.0 Å². The number of carbonyl (C=O) groups is 3. The molecule has 9 heteroatoms. The average molecular weight is 739 g/mol. The third kappa shape index (κ3) is 7.02. The van der Waals surface area contributed by atoms with E-state index < -0.39 is 12.1 Å². The van der Waals surface area contributed by atoms with Crippen LogP contribution in [0.2, 0.25) is 0 Å². The molecule has 0 radical (unpaired) electrons. The van der Waals surface area contributed by atoms with Crippen molar-refractivity contribution in [1.29, 1.82) is 0 Å². The standard InChI is InChI=1S/C45H62N4O5/c1-44-20-19-35-33(34(44)17-18-40(44)51)16-15-32-28-39(50)38(29-45(32,35)2)47-22-24-48(25-23-47)43(54)36(26-30-10-5-3-6-11-30)46-42(53)37-14-9-21-49(37)41(52)27-31-12-7-4-8-13-31/h3-8,10-13,32-40,50-51H,9,14-29H2,1-2H3,(H,46,53)/t32-,33-,34-,35-,36-,37-,38-,39-,40-,44-,45-/m0/s1. The molecule has 292 valence electrons. The molecule has 2 aromatic rings. The number of nitrogens with zero attached hydrogens (tertiary/aromatic N) is 3. The van der Waals surface area contributed by atoms with Crippen LogP contribution in [0.25, 0.3) is 0 Å². The zero-order valence-corrected chi connectivity index (χ0v) is 32.5. The second kappa shape index (κ2) is 15.3. The number of aliphatic hydroxyl groups excluding tert-OH is 2. The van der Waals surface area contributed by atoms with E-state index in [-0.39, 0.29) is 53.2 Å². The van der Waals surface area contributed by atoms with Crippen molar-refractivity contribution >= 4 is 17.7 Å². The number of hydrogen-bond donors (Lipinski definition) is 3. The summed E-state index contributed by atoms with van der Waals surface area (Å²) in [5.41, 5.74) is 2.15. The van der Waals surface area contributed by atoms with Crippen LogP contribution in [0.5, 0.6) is 0 Å². The van der Waals surface area contributed by atoms with E-state index in [1.54, 1.807) is 4.90 Å². The molecule has 0 bridgehead atoms. The topological polar surface area (TPSA) is 113 Å². The highest BCUT2D eigenvalue weighted by atomic mass is 16.3. The van der Waals surface area contributed by atoms with Crippen LogP contribution >= 0.6 is 0 Å². The number of aliphatic hydroxyl groups is 2. The van der Waals surface area contributed by atoms with E-state index in [1.165, 1.54) is 19.3 Å². The summed E-state index contributed by atoms with van der Waals surface area (Å²) < 4.78 is 0. The van der Waals surface area contributed by atoms with Crippen molar-refractivity contribution in [3.63, 3.8) is 0 Å². The molecule has 2 aliphatic heterocycles. The van der Waals surface area contributed by atoms with Gasteiger partial charge in [0.1, 0.15) is 12.1 Å². The number of rotatable bonds is 8. The Hall–Kier alpha value is -3.27. The molecule has 2 aromatic carbocycles. The van der Waals surface area contributed by atoms with E-state index in [0.29, 0.717) is 69.2 Å². The zero-order chi connectivity index (χ0) is 37.6. The van der Waals surface area contributed by atoms with Gasteiger partial charge >= 0.3 is 0 Å². The number of piperazine rings is 1. The number of nitrogens with one attached hydrogen (secondary N) is 1. The maximum absolute atomic E-state index is 14.3. The largest absolute Gasteiger partial charge is 0.393 e. The number of carbonyl (C=O) groups excluding carboxylic acids is 3. The van der Waals surface area contributed by atoms with Gasteiger partial charge in [-0.05, 0) is 110 Å². The molecule has 0 aromatic heterocycles. The fraction of sp³-hybridized carbons (Fsp3) is 0.667. The van der Waals surface area contributed by atoms with E-state index in [0.717, 1.165) is 49.7 Å². The van der Waals surface area contributed by atoms with Crippen molar-refractivity contribution in [3.8, 4) is 0 Å². The van der Waals surface area contributed by atoms with E-state index in [2.05, 4.69) is 24.1 Å². The van der Waals surface area contributed by atoms with Crippen LogP contribution in [0.1, 0.15) is 89.2 Å². The Morgan fingerprint density at radius 3 is 2.20 bits per heavy atom. The lowest BCUT2D eigenvalue weighted by atomic mass is 9.44. The summed E-state index contributed by atoms with van der Waals surface area (Å²) in [5, 5.41) is 25.7. The third-order valence-corrected chi connectivity index (χ3v) is 15.7. The Labute approximate surface area is 321 Å². The maximum atomic E-state index is 14.3. The molecular formula is C45H62N4O5. The Balaban J connectivity index is 0.921. The molecule has 3 N–H and O–H groups in total. The molecule has 4 aliphatic carbocycles. The molecule has 11 atom stereocenters. The first-order valence-electron chi connectivity index (χ1n) is 21.1. The molecule has 6 fully saturated rings. The smallest absolute Gasteiger partial charge is 0.245 e. The van der Waals surface area contributed by atoms with Crippen LogP contribution in [-0.2, 0) is 27.2 Å². The lowest BCUT2D eigenvalue weighted by Crippen LogP contribution is -2.63. The van der Waals surface area contributed by atoms with Crippen molar-refractivity contribution < 1.29 is 24.6 Å². The SMILES string of the molecule is C[C@]12C[C@H](N3CCN(C(=O)[C@H](Cc4ccccc4)NC(=O)[C@@H]4CCCN4C(=O)Cc4ccccc4)CC3)[C@@H](O)C[C@@H]1CC[C@@H]1[C@@H]2CC[C@]2(C)[C@@H](O)CC[C@@H]12. The molecule has 54 heavy (non-hydrogen) atoms.